The van der Waals surface area contributed by atoms with E-state index >= 15 is 0 Å². The number of rotatable bonds is 5. The molecule has 0 atom stereocenters. The topological polar surface area (TPSA) is 39.9 Å². The predicted octanol–water partition coefficient (Wildman–Crippen LogP) is 5.77. The molecule has 0 unspecified atom stereocenters. The maximum atomic E-state index is 6.44. The standard InChI is InChI=1S/C20H19Cl2N3O/c1-26-20-24-18-16(25(20)19(11-2-3-11)12-4-5-12)8-9-23-17(18)14-7-6-13(21)10-15(14)22/h6-12,19H,2-5H2,1H3. The average molecular weight is 388 g/mol. The average Bonchev–Trinajstić information content (AvgIpc) is 3.54. The fraction of sp³-hybridized carbons (Fsp3) is 0.400. The maximum Gasteiger partial charge on any atom is 0.297 e. The van der Waals surface area contributed by atoms with Gasteiger partial charge in [0.1, 0.15) is 5.52 Å². The molecule has 4 nitrogen and oxygen atoms in total. The zero-order valence-corrected chi connectivity index (χ0v) is 16.0. The van der Waals surface area contributed by atoms with E-state index in [0.717, 1.165) is 34.1 Å². The molecule has 0 bridgehead atoms. The van der Waals surface area contributed by atoms with Crippen LogP contribution in [0.1, 0.15) is 31.7 Å². The van der Waals surface area contributed by atoms with Crippen molar-refractivity contribution in [3.05, 3.63) is 40.5 Å². The molecule has 0 saturated heterocycles. The molecule has 0 amide bonds. The van der Waals surface area contributed by atoms with Crippen molar-refractivity contribution < 1.29 is 4.74 Å². The van der Waals surface area contributed by atoms with Crippen LogP contribution in [0, 0.1) is 11.8 Å². The van der Waals surface area contributed by atoms with Gasteiger partial charge in [-0.05, 0) is 61.8 Å². The number of imidazole rings is 1. The van der Waals surface area contributed by atoms with Crippen LogP contribution in [0.3, 0.4) is 0 Å². The maximum absolute atomic E-state index is 6.44. The second kappa shape index (κ2) is 6.14. The third-order valence-corrected chi connectivity index (χ3v) is 6.00. The fourth-order valence-corrected chi connectivity index (χ4v) is 4.49. The Labute approximate surface area is 162 Å². The van der Waals surface area contributed by atoms with Crippen LogP contribution in [0.2, 0.25) is 10.0 Å². The van der Waals surface area contributed by atoms with Crippen LogP contribution in [-0.4, -0.2) is 21.6 Å². The van der Waals surface area contributed by atoms with Crippen LogP contribution in [0.15, 0.2) is 30.5 Å². The van der Waals surface area contributed by atoms with Crippen LogP contribution in [0.4, 0.5) is 0 Å². The third-order valence-electron chi connectivity index (χ3n) is 5.45. The minimum atomic E-state index is 0.478. The van der Waals surface area contributed by atoms with Crippen molar-refractivity contribution in [3.8, 4) is 17.3 Å². The summed E-state index contributed by atoms with van der Waals surface area (Å²) in [4.78, 5) is 9.38. The molecule has 2 aromatic heterocycles. The van der Waals surface area contributed by atoms with Gasteiger partial charge in [-0.15, -0.1) is 0 Å². The first-order valence-corrected chi connectivity index (χ1v) is 9.79. The van der Waals surface area contributed by atoms with E-state index in [0.29, 0.717) is 22.1 Å². The molecule has 1 aromatic carbocycles. The van der Waals surface area contributed by atoms with Gasteiger partial charge in [0.25, 0.3) is 6.01 Å². The number of aromatic nitrogens is 3. The van der Waals surface area contributed by atoms with E-state index in [1.165, 1.54) is 25.7 Å². The smallest absolute Gasteiger partial charge is 0.297 e. The van der Waals surface area contributed by atoms with Gasteiger partial charge in [-0.1, -0.05) is 23.2 Å². The molecule has 2 aliphatic rings. The number of hydrogen-bond donors (Lipinski definition) is 0. The van der Waals surface area contributed by atoms with Crippen molar-refractivity contribution in [2.75, 3.05) is 7.11 Å². The number of hydrogen-bond acceptors (Lipinski definition) is 3. The Morgan fingerprint density at radius 3 is 2.46 bits per heavy atom. The van der Waals surface area contributed by atoms with Gasteiger partial charge in [0, 0.05) is 22.8 Å². The second-order valence-electron chi connectivity index (χ2n) is 7.29. The van der Waals surface area contributed by atoms with Crippen molar-refractivity contribution >= 4 is 34.2 Å². The minimum Gasteiger partial charge on any atom is -0.468 e. The summed E-state index contributed by atoms with van der Waals surface area (Å²) in [5.41, 5.74) is 3.51. The lowest BCUT2D eigenvalue weighted by molar-refractivity contribution is 0.310. The van der Waals surface area contributed by atoms with Gasteiger partial charge in [-0.25, -0.2) is 0 Å². The van der Waals surface area contributed by atoms with Crippen LogP contribution in [0.25, 0.3) is 22.3 Å². The summed E-state index contributed by atoms with van der Waals surface area (Å²) in [6, 6.07) is 8.65. The Balaban J connectivity index is 1.72. The lowest BCUT2D eigenvalue weighted by atomic mass is 10.1. The Morgan fingerprint density at radius 1 is 1.12 bits per heavy atom. The van der Waals surface area contributed by atoms with Crippen LogP contribution in [-0.2, 0) is 0 Å². The molecule has 5 rings (SSSR count). The van der Waals surface area contributed by atoms with Gasteiger partial charge in [0.15, 0.2) is 0 Å². The van der Waals surface area contributed by atoms with Gasteiger partial charge >= 0.3 is 0 Å². The van der Waals surface area contributed by atoms with Crippen LogP contribution in [0.5, 0.6) is 6.01 Å². The number of ether oxygens (including phenoxy) is 1. The van der Waals surface area contributed by atoms with E-state index in [1.807, 2.05) is 24.4 Å². The van der Waals surface area contributed by atoms with Crippen molar-refractivity contribution in [1.29, 1.82) is 0 Å². The zero-order chi connectivity index (χ0) is 17.8. The summed E-state index contributed by atoms with van der Waals surface area (Å²) in [5, 5.41) is 1.18. The van der Waals surface area contributed by atoms with Crippen molar-refractivity contribution in [3.63, 3.8) is 0 Å². The van der Waals surface area contributed by atoms with E-state index in [9.17, 15) is 0 Å². The molecule has 3 aromatic rings. The van der Waals surface area contributed by atoms with Crippen molar-refractivity contribution in [2.45, 2.75) is 31.7 Å². The lowest BCUT2D eigenvalue weighted by Crippen LogP contribution is -2.14. The number of nitrogens with zero attached hydrogens (tertiary/aromatic N) is 3. The van der Waals surface area contributed by atoms with Gasteiger partial charge < -0.3 is 4.74 Å². The number of benzene rings is 1. The molecule has 2 heterocycles. The minimum absolute atomic E-state index is 0.478. The number of pyridine rings is 1. The SMILES string of the molecule is COc1nc2c(-c3ccc(Cl)cc3Cl)nccc2n1C(C1CC1)C1CC1. The third kappa shape index (κ3) is 2.67. The molecular weight excluding hydrogens is 369 g/mol. The molecule has 0 N–H and O–H groups in total. The van der Waals surface area contributed by atoms with Gasteiger partial charge in [0.2, 0.25) is 0 Å². The summed E-state index contributed by atoms with van der Waals surface area (Å²) >= 11 is 12.5. The van der Waals surface area contributed by atoms with E-state index < -0.39 is 0 Å². The fourth-order valence-electron chi connectivity index (χ4n) is 3.99. The highest BCUT2D eigenvalue weighted by Crippen LogP contribution is 2.54. The first kappa shape index (κ1) is 16.4. The van der Waals surface area contributed by atoms with Crippen LogP contribution < -0.4 is 4.74 Å². The summed E-state index contributed by atoms with van der Waals surface area (Å²) in [5.74, 6) is 1.48. The summed E-state index contributed by atoms with van der Waals surface area (Å²) in [6.07, 6.45) is 7.02. The molecule has 2 fully saturated rings. The zero-order valence-electron chi connectivity index (χ0n) is 14.5. The number of methoxy groups -OCH3 is 1. The quantitative estimate of drug-likeness (QED) is 0.557. The predicted molar refractivity (Wildman–Crippen MR) is 104 cm³/mol. The summed E-state index contributed by atoms with van der Waals surface area (Å²) in [6.45, 7) is 0. The molecule has 6 heteroatoms. The monoisotopic (exact) mass is 387 g/mol. The molecule has 2 saturated carbocycles. The van der Waals surface area contributed by atoms with E-state index in [1.54, 1.807) is 13.2 Å². The molecule has 134 valence electrons. The summed E-state index contributed by atoms with van der Waals surface area (Å²) < 4.78 is 7.98. The Kier molecular flexibility index (Phi) is 3.87. The molecular formula is C20H19Cl2N3O. The summed E-state index contributed by atoms with van der Waals surface area (Å²) in [7, 11) is 1.69. The van der Waals surface area contributed by atoms with Gasteiger partial charge in [0.05, 0.1) is 23.3 Å². The molecule has 0 aliphatic heterocycles. The Hall–Kier alpha value is -1.78. The first-order valence-electron chi connectivity index (χ1n) is 9.03. The van der Waals surface area contributed by atoms with Crippen LogP contribution >= 0.6 is 23.2 Å². The number of fused-ring (bicyclic) bond motifs is 1. The molecule has 0 spiro atoms. The van der Waals surface area contributed by atoms with Gasteiger partial charge in [-0.3, -0.25) is 9.55 Å². The van der Waals surface area contributed by atoms with Crippen molar-refractivity contribution in [2.24, 2.45) is 11.8 Å². The second-order valence-corrected chi connectivity index (χ2v) is 8.13. The molecule has 0 radical (unpaired) electrons. The lowest BCUT2D eigenvalue weighted by Gasteiger charge is -2.20. The molecule has 2 aliphatic carbocycles. The molecule has 26 heavy (non-hydrogen) atoms. The van der Waals surface area contributed by atoms with E-state index in [-0.39, 0.29) is 0 Å². The first-order chi connectivity index (χ1) is 12.7. The van der Waals surface area contributed by atoms with Gasteiger partial charge in [-0.2, -0.15) is 4.98 Å². The van der Waals surface area contributed by atoms with E-state index in [4.69, 9.17) is 32.9 Å². The van der Waals surface area contributed by atoms with Crippen molar-refractivity contribution in [1.82, 2.24) is 14.5 Å². The Morgan fingerprint density at radius 2 is 1.85 bits per heavy atom. The highest BCUT2D eigenvalue weighted by molar-refractivity contribution is 6.36. The Bertz CT molecular complexity index is 980. The normalized spacial score (nSPS) is 17.2. The number of halogens is 2. The highest BCUT2D eigenvalue weighted by Gasteiger charge is 2.44. The van der Waals surface area contributed by atoms with E-state index in [2.05, 4.69) is 9.55 Å². The highest BCUT2D eigenvalue weighted by atomic mass is 35.5. The largest absolute Gasteiger partial charge is 0.468 e.